The summed E-state index contributed by atoms with van der Waals surface area (Å²) in [6.45, 7) is 1.79. The fraction of sp³-hybridized carbons (Fsp3) is 0.500. The minimum atomic E-state index is -4.54. The lowest BCUT2D eigenvalue weighted by molar-refractivity contribution is -0.141. The Morgan fingerprint density at radius 2 is 2.00 bits per heavy atom. The van der Waals surface area contributed by atoms with Crippen molar-refractivity contribution in [1.82, 2.24) is 9.97 Å². The van der Waals surface area contributed by atoms with Crippen LogP contribution in [-0.4, -0.2) is 15.1 Å². The molecule has 0 atom stereocenters. The zero-order valence-corrected chi connectivity index (χ0v) is 7.47. The van der Waals surface area contributed by atoms with Crippen molar-refractivity contribution in [2.24, 2.45) is 0 Å². The van der Waals surface area contributed by atoms with Gasteiger partial charge in [0.05, 0.1) is 0 Å². The largest absolute Gasteiger partial charge is 0.493 e. The van der Waals surface area contributed by atoms with Gasteiger partial charge < -0.3 is 5.11 Å². The van der Waals surface area contributed by atoms with E-state index in [1.165, 1.54) is 0 Å². The van der Waals surface area contributed by atoms with Crippen LogP contribution in [-0.2, 0) is 12.6 Å². The van der Waals surface area contributed by atoms with Crippen molar-refractivity contribution in [3.05, 3.63) is 17.6 Å². The Bertz CT molecular complexity index is 325. The molecule has 6 heteroatoms. The number of hydrogen-bond acceptors (Lipinski definition) is 3. The molecule has 0 unspecified atom stereocenters. The van der Waals surface area contributed by atoms with Gasteiger partial charge in [0.1, 0.15) is 5.82 Å². The lowest BCUT2D eigenvalue weighted by atomic mass is 10.3. The van der Waals surface area contributed by atoms with Gasteiger partial charge >= 0.3 is 6.18 Å². The van der Waals surface area contributed by atoms with Crippen molar-refractivity contribution in [3.8, 4) is 5.88 Å². The second kappa shape index (κ2) is 3.81. The Hall–Kier alpha value is -1.33. The standard InChI is InChI=1S/C8H9F3N2O/c1-2-3-6-12-5(8(9,10)11)4-7(14)13-6/h4H,2-3H2,1H3,(H,12,13,14). The maximum absolute atomic E-state index is 12.2. The Morgan fingerprint density at radius 1 is 1.36 bits per heavy atom. The highest BCUT2D eigenvalue weighted by Crippen LogP contribution is 2.29. The van der Waals surface area contributed by atoms with Gasteiger partial charge in [0.15, 0.2) is 5.69 Å². The first kappa shape index (κ1) is 10.7. The van der Waals surface area contributed by atoms with E-state index in [1.807, 2.05) is 0 Å². The zero-order valence-electron chi connectivity index (χ0n) is 7.47. The summed E-state index contributed by atoms with van der Waals surface area (Å²) in [6.07, 6.45) is -3.60. The molecule has 14 heavy (non-hydrogen) atoms. The summed E-state index contributed by atoms with van der Waals surface area (Å²) in [5.74, 6) is -0.629. The fourth-order valence-corrected chi connectivity index (χ4v) is 0.964. The van der Waals surface area contributed by atoms with Gasteiger partial charge in [-0.25, -0.2) is 4.98 Å². The van der Waals surface area contributed by atoms with Crippen LogP contribution in [0.3, 0.4) is 0 Å². The first-order chi connectivity index (χ1) is 6.43. The maximum Gasteiger partial charge on any atom is 0.433 e. The second-order valence-corrected chi connectivity index (χ2v) is 2.78. The highest BCUT2D eigenvalue weighted by atomic mass is 19.4. The second-order valence-electron chi connectivity index (χ2n) is 2.78. The average molecular weight is 206 g/mol. The molecule has 1 rings (SSSR count). The van der Waals surface area contributed by atoms with Gasteiger partial charge in [0.25, 0.3) is 0 Å². The SMILES string of the molecule is CCCc1nc(O)cc(C(F)(F)F)n1. The predicted molar refractivity (Wildman–Crippen MR) is 42.7 cm³/mol. The topological polar surface area (TPSA) is 46.0 Å². The first-order valence-electron chi connectivity index (χ1n) is 4.07. The molecule has 1 N–H and O–H groups in total. The van der Waals surface area contributed by atoms with E-state index < -0.39 is 17.8 Å². The number of alkyl halides is 3. The van der Waals surface area contributed by atoms with Crippen molar-refractivity contribution < 1.29 is 18.3 Å². The van der Waals surface area contributed by atoms with E-state index >= 15 is 0 Å². The molecule has 0 saturated heterocycles. The first-order valence-corrected chi connectivity index (χ1v) is 4.07. The van der Waals surface area contributed by atoms with Crippen LogP contribution in [0.1, 0.15) is 24.9 Å². The average Bonchev–Trinajstić information content (AvgIpc) is 2.02. The summed E-state index contributed by atoms with van der Waals surface area (Å²) in [5, 5.41) is 8.93. The molecule has 0 aliphatic rings. The lowest BCUT2D eigenvalue weighted by Gasteiger charge is -2.07. The predicted octanol–water partition coefficient (Wildman–Crippen LogP) is 2.15. The highest BCUT2D eigenvalue weighted by molar-refractivity contribution is 5.17. The third kappa shape index (κ3) is 2.58. The summed E-state index contributed by atoms with van der Waals surface area (Å²) in [5.41, 5.74) is -1.10. The number of hydrogen-bond donors (Lipinski definition) is 1. The Labute approximate surface area is 78.6 Å². The lowest BCUT2D eigenvalue weighted by Crippen LogP contribution is -2.10. The molecular formula is C8H9F3N2O. The number of aromatic hydroxyl groups is 1. The van der Waals surface area contributed by atoms with Crippen LogP contribution >= 0.6 is 0 Å². The van der Waals surface area contributed by atoms with Gasteiger partial charge in [0, 0.05) is 12.5 Å². The van der Waals surface area contributed by atoms with Gasteiger partial charge in [-0.3, -0.25) is 0 Å². The minimum Gasteiger partial charge on any atom is -0.493 e. The highest BCUT2D eigenvalue weighted by Gasteiger charge is 2.33. The summed E-state index contributed by atoms with van der Waals surface area (Å²) < 4.78 is 36.6. The van der Waals surface area contributed by atoms with Gasteiger partial charge in [-0.1, -0.05) is 6.92 Å². The molecule has 0 spiro atoms. The van der Waals surface area contributed by atoms with Crippen LogP contribution in [0.2, 0.25) is 0 Å². The van der Waals surface area contributed by atoms with Crippen molar-refractivity contribution in [1.29, 1.82) is 0 Å². The molecule has 0 bridgehead atoms. The van der Waals surface area contributed by atoms with Crippen molar-refractivity contribution in [2.45, 2.75) is 25.9 Å². The van der Waals surface area contributed by atoms with Crippen molar-refractivity contribution in [3.63, 3.8) is 0 Å². The third-order valence-electron chi connectivity index (χ3n) is 1.52. The Balaban J connectivity index is 3.07. The van der Waals surface area contributed by atoms with Gasteiger partial charge in [0.2, 0.25) is 5.88 Å². The van der Waals surface area contributed by atoms with Crippen LogP contribution in [0.25, 0.3) is 0 Å². The van der Waals surface area contributed by atoms with Crippen LogP contribution in [0, 0.1) is 0 Å². The molecule has 0 radical (unpaired) electrons. The van der Waals surface area contributed by atoms with E-state index in [4.69, 9.17) is 5.11 Å². The molecular weight excluding hydrogens is 197 g/mol. The monoisotopic (exact) mass is 206 g/mol. The molecule has 0 aromatic carbocycles. The molecule has 0 saturated carbocycles. The Kier molecular flexibility index (Phi) is 2.93. The normalized spacial score (nSPS) is 11.7. The third-order valence-corrected chi connectivity index (χ3v) is 1.52. The molecule has 1 aromatic heterocycles. The van der Waals surface area contributed by atoms with Crippen LogP contribution < -0.4 is 0 Å². The molecule has 0 fully saturated rings. The summed E-state index contributed by atoms with van der Waals surface area (Å²) in [7, 11) is 0. The van der Waals surface area contributed by atoms with E-state index in [1.54, 1.807) is 6.92 Å². The molecule has 78 valence electrons. The molecule has 1 heterocycles. The van der Waals surface area contributed by atoms with E-state index in [2.05, 4.69) is 9.97 Å². The fourth-order valence-electron chi connectivity index (χ4n) is 0.964. The van der Waals surface area contributed by atoms with E-state index in [-0.39, 0.29) is 5.82 Å². The maximum atomic E-state index is 12.2. The quantitative estimate of drug-likeness (QED) is 0.806. The van der Waals surface area contributed by atoms with Crippen LogP contribution in [0.5, 0.6) is 5.88 Å². The summed E-state index contributed by atoms with van der Waals surface area (Å²) in [4.78, 5) is 6.78. The Morgan fingerprint density at radius 3 is 2.50 bits per heavy atom. The smallest absolute Gasteiger partial charge is 0.433 e. The molecule has 0 amide bonds. The zero-order chi connectivity index (χ0) is 10.8. The van der Waals surface area contributed by atoms with Gasteiger partial charge in [-0.2, -0.15) is 18.2 Å². The van der Waals surface area contributed by atoms with E-state index in [9.17, 15) is 13.2 Å². The number of aryl methyl sites for hydroxylation is 1. The number of halogens is 3. The number of nitrogens with zero attached hydrogens (tertiary/aromatic N) is 2. The van der Waals surface area contributed by atoms with E-state index in [0.29, 0.717) is 18.9 Å². The van der Waals surface area contributed by atoms with Crippen LogP contribution in [0.15, 0.2) is 6.07 Å². The van der Waals surface area contributed by atoms with Crippen LogP contribution in [0.4, 0.5) is 13.2 Å². The van der Waals surface area contributed by atoms with Crippen molar-refractivity contribution >= 4 is 0 Å². The molecule has 0 aliphatic carbocycles. The van der Waals surface area contributed by atoms with Crippen molar-refractivity contribution in [2.75, 3.05) is 0 Å². The minimum absolute atomic E-state index is 0.0137. The molecule has 1 aromatic rings. The van der Waals surface area contributed by atoms with E-state index in [0.717, 1.165) is 0 Å². The van der Waals surface area contributed by atoms with Gasteiger partial charge in [-0.15, -0.1) is 0 Å². The number of rotatable bonds is 2. The van der Waals surface area contributed by atoms with Gasteiger partial charge in [-0.05, 0) is 6.42 Å². The molecule has 3 nitrogen and oxygen atoms in total. The molecule has 0 aliphatic heterocycles. The number of aromatic nitrogens is 2. The summed E-state index contributed by atoms with van der Waals surface area (Å²) in [6, 6.07) is 0.513. The summed E-state index contributed by atoms with van der Waals surface area (Å²) >= 11 is 0.